The third-order valence-electron chi connectivity index (χ3n) is 9.80. The molecule has 7 unspecified atom stereocenters. The standard InChI is InChI=1S/C15H28.C11H22.C5H12/c1-11-4-7-14(8-5-11)13(3)15-9-6-12(2)10-15;1-5-10-8(3)7-9(4)11(10)6-2;1-4-5(2)3/h11-15H,4-10H2,1-3H3;8-11H,5-7H2,1-4H3;5H,4H2,1-3H3. The van der Waals surface area contributed by atoms with E-state index in [1.165, 1.54) is 70.6 Å². The van der Waals surface area contributed by atoms with Crippen molar-refractivity contribution in [2.45, 2.75) is 140 Å². The molecule has 0 aromatic heterocycles. The van der Waals surface area contributed by atoms with Gasteiger partial charge in [-0.2, -0.15) is 0 Å². The Labute approximate surface area is 199 Å². The van der Waals surface area contributed by atoms with Gasteiger partial charge in [-0.3, -0.25) is 0 Å². The molecule has 0 aromatic carbocycles. The lowest BCUT2D eigenvalue weighted by Gasteiger charge is -2.34. The van der Waals surface area contributed by atoms with Crippen LogP contribution in [0, 0.1) is 59.2 Å². The molecule has 0 amide bonds. The van der Waals surface area contributed by atoms with E-state index in [0.717, 1.165) is 59.2 Å². The topological polar surface area (TPSA) is 0 Å². The molecule has 0 N–H and O–H groups in total. The predicted octanol–water partition coefficient (Wildman–Crippen LogP) is 10.7. The quantitative estimate of drug-likeness (QED) is 0.403. The van der Waals surface area contributed by atoms with E-state index in [9.17, 15) is 0 Å². The van der Waals surface area contributed by atoms with Gasteiger partial charge in [-0.05, 0) is 91.3 Å². The van der Waals surface area contributed by atoms with Crippen molar-refractivity contribution in [1.29, 1.82) is 0 Å². The van der Waals surface area contributed by atoms with Crippen LogP contribution in [0.15, 0.2) is 0 Å². The summed E-state index contributed by atoms with van der Waals surface area (Å²) in [5.41, 5.74) is 0. The van der Waals surface area contributed by atoms with Gasteiger partial charge in [0.2, 0.25) is 0 Å². The van der Waals surface area contributed by atoms with E-state index < -0.39 is 0 Å². The fourth-order valence-corrected chi connectivity index (χ4v) is 7.12. The van der Waals surface area contributed by atoms with Crippen molar-refractivity contribution in [2.75, 3.05) is 0 Å². The van der Waals surface area contributed by atoms with Crippen LogP contribution in [0.4, 0.5) is 0 Å². The second kappa shape index (κ2) is 15.0. The highest BCUT2D eigenvalue weighted by atomic mass is 14.4. The Morgan fingerprint density at radius 3 is 1.35 bits per heavy atom. The monoisotopic (exact) mass is 434 g/mol. The first-order chi connectivity index (χ1) is 14.6. The Hall–Kier alpha value is 0. The minimum absolute atomic E-state index is 0.884. The van der Waals surface area contributed by atoms with Crippen LogP contribution in [0.25, 0.3) is 0 Å². The summed E-state index contributed by atoms with van der Waals surface area (Å²) in [6, 6.07) is 0. The van der Waals surface area contributed by atoms with Crippen LogP contribution in [-0.2, 0) is 0 Å². The highest BCUT2D eigenvalue weighted by Gasteiger charge is 2.36. The van der Waals surface area contributed by atoms with Crippen molar-refractivity contribution < 1.29 is 0 Å². The smallest absolute Gasteiger partial charge is 0.0360 e. The van der Waals surface area contributed by atoms with Crippen molar-refractivity contribution >= 4 is 0 Å². The first-order valence-corrected chi connectivity index (χ1v) is 14.6. The Morgan fingerprint density at radius 1 is 0.581 bits per heavy atom. The maximum absolute atomic E-state index is 2.54. The van der Waals surface area contributed by atoms with Gasteiger partial charge in [-0.15, -0.1) is 0 Å². The summed E-state index contributed by atoms with van der Waals surface area (Å²) < 4.78 is 0. The third kappa shape index (κ3) is 9.80. The molecule has 3 aliphatic carbocycles. The average molecular weight is 435 g/mol. The molecule has 0 saturated heterocycles. The highest BCUT2D eigenvalue weighted by molar-refractivity contribution is 4.85. The summed E-state index contributed by atoms with van der Waals surface area (Å²) in [6.07, 6.45) is 16.1. The lowest BCUT2D eigenvalue weighted by Crippen LogP contribution is -2.23. The summed E-state index contributed by atoms with van der Waals surface area (Å²) in [4.78, 5) is 0. The molecule has 186 valence electrons. The number of hydrogen-bond donors (Lipinski definition) is 0. The van der Waals surface area contributed by atoms with Gasteiger partial charge in [0.25, 0.3) is 0 Å². The van der Waals surface area contributed by atoms with Crippen molar-refractivity contribution in [1.82, 2.24) is 0 Å². The third-order valence-corrected chi connectivity index (χ3v) is 9.80. The van der Waals surface area contributed by atoms with Gasteiger partial charge in [-0.1, -0.05) is 108 Å². The first-order valence-electron chi connectivity index (χ1n) is 14.6. The summed E-state index contributed by atoms with van der Waals surface area (Å²) >= 11 is 0. The zero-order valence-electron chi connectivity index (χ0n) is 23.6. The molecule has 0 radical (unpaired) electrons. The van der Waals surface area contributed by atoms with Gasteiger partial charge < -0.3 is 0 Å². The molecule has 0 heterocycles. The number of hydrogen-bond acceptors (Lipinski definition) is 0. The predicted molar refractivity (Wildman–Crippen MR) is 142 cm³/mol. The molecule has 0 spiro atoms. The minimum Gasteiger partial charge on any atom is -0.0651 e. The van der Waals surface area contributed by atoms with E-state index in [4.69, 9.17) is 0 Å². The number of rotatable bonds is 5. The van der Waals surface area contributed by atoms with Crippen LogP contribution in [0.1, 0.15) is 140 Å². The van der Waals surface area contributed by atoms with E-state index in [2.05, 4.69) is 69.2 Å². The van der Waals surface area contributed by atoms with E-state index in [1.807, 2.05) is 0 Å². The molecule has 3 fully saturated rings. The minimum atomic E-state index is 0.884. The summed E-state index contributed by atoms with van der Waals surface area (Å²) in [5.74, 6) is 10.1. The van der Waals surface area contributed by atoms with Crippen LogP contribution >= 0.6 is 0 Å². The highest BCUT2D eigenvalue weighted by Crippen LogP contribution is 2.44. The fraction of sp³-hybridized carbons (Fsp3) is 1.00. The van der Waals surface area contributed by atoms with Crippen molar-refractivity contribution in [3.63, 3.8) is 0 Å². The van der Waals surface area contributed by atoms with Crippen LogP contribution in [0.2, 0.25) is 0 Å². The second-order valence-electron chi connectivity index (χ2n) is 12.7. The molecule has 31 heavy (non-hydrogen) atoms. The second-order valence-corrected chi connectivity index (χ2v) is 12.7. The molecule has 0 nitrogen and oxygen atoms in total. The van der Waals surface area contributed by atoms with Crippen molar-refractivity contribution in [3.8, 4) is 0 Å². The molecule has 7 atom stereocenters. The molecule has 3 saturated carbocycles. The zero-order chi connectivity index (χ0) is 23.6. The fourth-order valence-electron chi connectivity index (χ4n) is 7.12. The van der Waals surface area contributed by atoms with E-state index in [1.54, 1.807) is 0 Å². The maximum Gasteiger partial charge on any atom is -0.0360 e. The van der Waals surface area contributed by atoms with E-state index in [0.29, 0.717) is 0 Å². The van der Waals surface area contributed by atoms with Crippen molar-refractivity contribution in [2.24, 2.45) is 59.2 Å². The summed E-state index contributed by atoms with van der Waals surface area (Å²) in [7, 11) is 0. The van der Waals surface area contributed by atoms with E-state index >= 15 is 0 Å². The molecule has 0 heteroatoms. The Bertz CT molecular complexity index is 415. The van der Waals surface area contributed by atoms with Crippen molar-refractivity contribution in [3.05, 3.63) is 0 Å². The van der Waals surface area contributed by atoms with Gasteiger partial charge in [0, 0.05) is 0 Å². The van der Waals surface area contributed by atoms with Crippen LogP contribution in [-0.4, -0.2) is 0 Å². The van der Waals surface area contributed by atoms with Gasteiger partial charge in [-0.25, -0.2) is 0 Å². The molecule has 0 aromatic rings. The van der Waals surface area contributed by atoms with Gasteiger partial charge in [0.15, 0.2) is 0 Å². The molecule has 3 aliphatic rings. The summed E-state index contributed by atoms with van der Waals surface area (Å²) in [5, 5.41) is 0. The summed E-state index contributed by atoms with van der Waals surface area (Å²) in [6.45, 7) is 23.6. The van der Waals surface area contributed by atoms with Gasteiger partial charge >= 0.3 is 0 Å². The van der Waals surface area contributed by atoms with Gasteiger partial charge in [0.05, 0.1) is 0 Å². The van der Waals surface area contributed by atoms with E-state index in [-0.39, 0.29) is 0 Å². The Kier molecular flexibility index (Phi) is 14.1. The molecule has 3 rings (SSSR count). The molecular formula is C31H62. The first kappa shape index (κ1) is 29.0. The lowest BCUT2D eigenvalue weighted by molar-refractivity contribution is 0.170. The Balaban J connectivity index is 0.000000264. The largest absolute Gasteiger partial charge is 0.0651 e. The molecular weight excluding hydrogens is 372 g/mol. The SMILES string of the molecule is CC1CCC(C(C)C2CCC(C)C2)CC1.CCC(C)C.CCC1C(C)CC(C)C1CC. The van der Waals surface area contributed by atoms with Gasteiger partial charge in [0.1, 0.15) is 0 Å². The molecule has 0 bridgehead atoms. The molecule has 0 aliphatic heterocycles. The maximum atomic E-state index is 2.54. The van der Waals surface area contributed by atoms with Crippen LogP contribution in [0.3, 0.4) is 0 Å². The van der Waals surface area contributed by atoms with Crippen LogP contribution in [0.5, 0.6) is 0 Å². The average Bonchev–Trinajstić information content (AvgIpc) is 3.30. The Morgan fingerprint density at radius 2 is 1.00 bits per heavy atom. The zero-order valence-corrected chi connectivity index (χ0v) is 23.6. The normalized spacial score (nSPS) is 38.8. The van der Waals surface area contributed by atoms with Crippen LogP contribution < -0.4 is 0 Å². The lowest BCUT2D eigenvalue weighted by atomic mass is 9.72.